The highest BCUT2D eigenvalue weighted by molar-refractivity contribution is 6.13. The molecule has 0 unspecified atom stereocenters. The number of hydrogen-bond donors (Lipinski definition) is 0. The highest BCUT2D eigenvalue weighted by Crippen LogP contribution is 2.54. The van der Waals surface area contributed by atoms with Gasteiger partial charge in [-0.25, -0.2) is 4.57 Å². The highest BCUT2D eigenvalue weighted by atomic mass is 16.3. The third-order valence-corrected chi connectivity index (χ3v) is 10.00. The van der Waals surface area contributed by atoms with Crippen LogP contribution in [0.25, 0.3) is 44.3 Å². The van der Waals surface area contributed by atoms with Gasteiger partial charge in [0.15, 0.2) is 6.20 Å². The standard InChI is InChI=1S/C38H42NO/c1-24-17-18-30-29-15-11-14-28(35(29)40-36(30)32(24)31-16-9-10-23-39(31)6)27-20-19-26(25-12-7-8-13-25)33-34(27)38(4,5)22-21-37(33,2)3/h9-11,14-20,23,25H,7-8,12-13,21-22H2,1-6H3/q+1/i25D. The van der Waals surface area contributed by atoms with Gasteiger partial charge in [-0.3, -0.25) is 0 Å². The average molecular weight is 530 g/mol. The van der Waals surface area contributed by atoms with Gasteiger partial charge in [0.2, 0.25) is 5.69 Å². The number of aryl methyl sites for hydroxylation is 2. The van der Waals surface area contributed by atoms with Crippen molar-refractivity contribution < 1.29 is 10.4 Å². The van der Waals surface area contributed by atoms with E-state index < -0.39 is 5.89 Å². The monoisotopic (exact) mass is 529 g/mol. The number of furan rings is 1. The summed E-state index contributed by atoms with van der Waals surface area (Å²) in [4.78, 5) is 0. The maximum Gasteiger partial charge on any atom is 0.216 e. The van der Waals surface area contributed by atoms with Crippen LogP contribution in [0.4, 0.5) is 0 Å². The van der Waals surface area contributed by atoms with Crippen molar-refractivity contribution in [1.82, 2.24) is 0 Å². The van der Waals surface area contributed by atoms with Crippen molar-refractivity contribution in [3.63, 3.8) is 0 Å². The summed E-state index contributed by atoms with van der Waals surface area (Å²) < 4.78 is 18.7. The van der Waals surface area contributed by atoms with E-state index in [4.69, 9.17) is 4.42 Å². The Kier molecular flexibility index (Phi) is 5.53. The number of benzene rings is 3. The third kappa shape index (κ3) is 3.79. The Hall–Kier alpha value is -3.39. The van der Waals surface area contributed by atoms with Crippen molar-refractivity contribution in [2.24, 2.45) is 7.05 Å². The summed E-state index contributed by atoms with van der Waals surface area (Å²) in [6, 6.07) is 22.1. The van der Waals surface area contributed by atoms with Gasteiger partial charge < -0.3 is 4.42 Å². The molecular weight excluding hydrogens is 486 g/mol. The molecule has 1 fully saturated rings. The minimum atomic E-state index is -0.476. The molecule has 2 aliphatic carbocycles. The normalized spacial score (nSPS) is 19.6. The molecule has 2 heterocycles. The van der Waals surface area contributed by atoms with E-state index >= 15 is 0 Å². The van der Waals surface area contributed by atoms with Crippen LogP contribution >= 0.6 is 0 Å². The van der Waals surface area contributed by atoms with Gasteiger partial charge in [-0.15, -0.1) is 0 Å². The second kappa shape index (κ2) is 9.06. The lowest BCUT2D eigenvalue weighted by molar-refractivity contribution is -0.660. The summed E-state index contributed by atoms with van der Waals surface area (Å²) in [7, 11) is 2.10. The van der Waals surface area contributed by atoms with Crippen LogP contribution in [-0.4, -0.2) is 0 Å². The number of pyridine rings is 1. The van der Waals surface area contributed by atoms with E-state index in [0.29, 0.717) is 0 Å². The first-order chi connectivity index (χ1) is 19.5. The molecule has 0 radical (unpaired) electrons. The van der Waals surface area contributed by atoms with E-state index in [9.17, 15) is 1.37 Å². The minimum absolute atomic E-state index is 0.0128. The molecule has 2 nitrogen and oxygen atoms in total. The summed E-state index contributed by atoms with van der Waals surface area (Å²) in [5.74, 6) is -0.476. The summed E-state index contributed by atoms with van der Waals surface area (Å²) in [6.45, 7) is 11.8. The molecular formula is C38H42NO+. The lowest BCUT2D eigenvalue weighted by Gasteiger charge is -2.45. The maximum atomic E-state index is 9.57. The van der Waals surface area contributed by atoms with Crippen LogP contribution in [0.2, 0.25) is 0 Å². The first kappa shape index (κ1) is 24.4. The molecule has 3 aromatic carbocycles. The zero-order chi connectivity index (χ0) is 28.7. The fourth-order valence-electron chi connectivity index (χ4n) is 7.75. The molecule has 0 saturated heterocycles. The minimum Gasteiger partial charge on any atom is -0.454 e. The number of para-hydroxylation sites is 1. The van der Waals surface area contributed by atoms with Gasteiger partial charge in [-0.05, 0) is 83.2 Å². The Bertz CT molecular complexity index is 1830. The zero-order valence-electron chi connectivity index (χ0n) is 25.9. The predicted molar refractivity (Wildman–Crippen MR) is 167 cm³/mol. The third-order valence-electron chi connectivity index (χ3n) is 10.00. The Balaban J connectivity index is 1.55. The van der Waals surface area contributed by atoms with Gasteiger partial charge in [0.05, 0.1) is 5.56 Å². The molecule has 0 spiro atoms. The average Bonchev–Trinajstić information content (AvgIpc) is 3.55. The van der Waals surface area contributed by atoms with Crippen molar-refractivity contribution in [2.45, 2.75) is 89.9 Å². The summed E-state index contributed by atoms with van der Waals surface area (Å²) >= 11 is 0. The van der Waals surface area contributed by atoms with Gasteiger partial charge in [0.1, 0.15) is 18.2 Å². The molecule has 5 aromatic rings. The van der Waals surface area contributed by atoms with E-state index in [0.717, 1.165) is 71.7 Å². The maximum absolute atomic E-state index is 9.57. The Morgan fingerprint density at radius 1 is 0.775 bits per heavy atom. The molecule has 0 N–H and O–H groups in total. The largest absolute Gasteiger partial charge is 0.454 e. The van der Waals surface area contributed by atoms with E-state index in [-0.39, 0.29) is 10.8 Å². The topological polar surface area (TPSA) is 17.0 Å². The van der Waals surface area contributed by atoms with E-state index in [1.807, 2.05) is 0 Å². The zero-order valence-corrected chi connectivity index (χ0v) is 24.9. The molecule has 1 saturated carbocycles. The van der Waals surface area contributed by atoms with Crippen LogP contribution in [0.15, 0.2) is 71.3 Å². The Morgan fingerprint density at radius 3 is 2.25 bits per heavy atom. The van der Waals surface area contributed by atoms with Crippen molar-refractivity contribution in [3.05, 3.63) is 89.1 Å². The first-order valence-corrected chi connectivity index (χ1v) is 15.1. The van der Waals surface area contributed by atoms with Gasteiger partial charge >= 0.3 is 0 Å². The molecule has 0 amide bonds. The van der Waals surface area contributed by atoms with Crippen molar-refractivity contribution in [1.29, 1.82) is 0 Å². The molecule has 0 bridgehead atoms. The quantitative estimate of drug-likeness (QED) is 0.213. The lowest BCUT2D eigenvalue weighted by atomic mass is 9.59. The van der Waals surface area contributed by atoms with Crippen LogP contribution in [0, 0.1) is 6.92 Å². The second-order valence-electron chi connectivity index (χ2n) is 13.6. The molecule has 0 atom stereocenters. The smallest absolute Gasteiger partial charge is 0.216 e. The Morgan fingerprint density at radius 2 is 1.50 bits per heavy atom. The van der Waals surface area contributed by atoms with Gasteiger partial charge in [-0.2, -0.15) is 0 Å². The lowest BCUT2D eigenvalue weighted by Crippen LogP contribution is -2.36. The van der Waals surface area contributed by atoms with Gasteiger partial charge in [0, 0.05) is 29.8 Å². The summed E-state index contributed by atoms with van der Waals surface area (Å²) in [5.41, 5.74) is 12.1. The predicted octanol–water partition coefficient (Wildman–Crippen LogP) is 10.1. The number of aromatic nitrogens is 1. The number of rotatable bonds is 3. The Labute approximate surface area is 240 Å². The van der Waals surface area contributed by atoms with E-state index in [2.05, 4.69) is 113 Å². The molecule has 204 valence electrons. The SMILES string of the molecule is [2H]C1(c2ccc(-c3cccc4c3oc3c(-c5cccc[n+]5C)c(C)ccc34)c3c2C(C)(C)CCC3(C)C)CCCC1. The van der Waals surface area contributed by atoms with Crippen LogP contribution in [-0.2, 0) is 17.9 Å². The van der Waals surface area contributed by atoms with Crippen LogP contribution in [0.5, 0.6) is 0 Å². The van der Waals surface area contributed by atoms with Crippen LogP contribution in [0.3, 0.4) is 0 Å². The van der Waals surface area contributed by atoms with Crippen LogP contribution < -0.4 is 4.57 Å². The number of nitrogens with zero attached hydrogens (tertiary/aromatic N) is 1. The molecule has 40 heavy (non-hydrogen) atoms. The molecule has 2 aliphatic rings. The fourth-order valence-corrected chi connectivity index (χ4v) is 7.75. The molecule has 2 aromatic heterocycles. The van der Waals surface area contributed by atoms with Crippen LogP contribution in [0.1, 0.15) is 95.7 Å². The summed E-state index contributed by atoms with van der Waals surface area (Å²) in [6.07, 6.45) is 8.62. The highest BCUT2D eigenvalue weighted by Gasteiger charge is 2.42. The second-order valence-corrected chi connectivity index (χ2v) is 13.6. The van der Waals surface area contributed by atoms with Gasteiger partial charge in [0.25, 0.3) is 0 Å². The molecule has 0 aliphatic heterocycles. The van der Waals surface area contributed by atoms with Crippen molar-refractivity contribution in [2.75, 3.05) is 0 Å². The first-order valence-electron chi connectivity index (χ1n) is 15.6. The van der Waals surface area contributed by atoms with Crippen molar-refractivity contribution >= 4 is 21.9 Å². The fraction of sp³-hybridized carbons (Fsp3) is 0.395. The summed E-state index contributed by atoms with van der Waals surface area (Å²) in [5, 5.41) is 2.32. The number of fused-ring (bicyclic) bond motifs is 4. The van der Waals surface area contributed by atoms with E-state index in [1.54, 1.807) is 0 Å². The molecule has 7 rings (SSSR count). The molecule has 2 heteroatoms. The van der Waals surface area contributed by atoms with Crippen molar-refractivity contribution in [3.8, 4) is 22.4 Å². The van der Waals surface area contributed by atoms with E-state index in [1.165, 1.54) is 33.4 Å². The van der Waals surface area contributed by atoms with Gasteiger partial charge in [-0.1, -0.05) is 83.0 Å². The number of hydrogen-bond acceptors (Lipinski definition) is 1.